The van der Waals surface area contributed by atoms with Crippen molar-refractivity contribution in [3.63, 3.8) is 0 Å². The van der Waals surface area contributed by atoms with E-state index in [9.17, 15) is 9.59 Å². The molecule has 1 aliphatic rings. The molecule has 1 rings (SSSR count). The molecule has 1 aliphatic carbocycles. The number of carboxylic acid groups (broad SMARTS) is 1. The van der Waals surface area contributed by atoms with Gasteiger partial charge in [0.2, 0.25) is 0 Å². The van der Waals surface area contributed by atoms with Gasteiger partial charge in [-0.05, 0) is 18.8 Å². The van der Waals surface area contributed by atoms with Crippen LogP contribution in [0.1, 0.15) is 26.7 Å². The van der Waals surface area contributed by atoms with E-state index in [1.165, 1.54) is 0 Å². The Morgan fingerprint density at radius 1 is 1.50 bits per heavy atom. The monoisotopic (exact) mass is 230 g/mol. The SMILES string of the molecule is CC(C)CN(C(=O)NOCC(=O)O)C1CC1. The van der Waals surface area contributed by atoms with Crippen molar-refractivity contribution in [2.24, 2.45) is 5.92 Å². The molecule has 0 saturated heterocycles. The van der Waals surface area contributed by atoms with Crippen molar-refractivity contribution in [1.29, 1.82) is 0 Å². The van der Waals surface area contributed by atoms with Crippen LogP contribution < -0.4 is 5.48 Å². The van der Waals surface area contributed by atoms with Gasteiger partial charge >= 0.3 is 12.0 Å². The van der Waals surface area contributed by atoms with Crippen LogP contribution in [0.3, 0.4) is 0 Å². The largest absolute Gasteiger partial charge is 0.479 e. The van der Waals surface area contributed by atoms with Crippen molar-refractivity contribution in [3.8, 4) is 0 Å². The summed E-state index contributed by atoms with van der Waals surface area (Å²) in [4.78, 5) is 28.1. The first-order valence-electron chi connectivity index (χ1n) is 5.41. The molecule has 0 spiro atoms. The summed E-state index contributed by atoms with van der Waals surface area (Å²) in [7, 11) is 0. The number of carbonyl (C=O) groups excluding carboxylic acids is 1. The van der Waals surface area contributed by atoms with E-state index in [-0.39, 0.29) is 12.1 Å². The molecule has 1 saturated carbocycles. The van der Waals surface area contributed by atoms with E-state index < -0.39 is 12.6 Å². The molecule has 6 heteroatoms. The van der Waals surface area contributed by atoms with Gasteiger partial charge in [0.25, 0.3) is 0 Å². The number of aliphatic carboxylic acids is 1. The van der Waals surface area contributed by atoms with Crippen LogP contribution in [0.15, 0.2) is 0 Å². The third-order valence-corrected chi connectivity index (χ3v) is 2.17. The molecule has 1 fully saturated rings. The van der Waals surface area contributed by atoms with Crippen LogP contribution in [0.5, 0.6) is 0 Å². The van der Waals surface area contributed by atoms with Crippen molar-refractivity contribution >= 4 is 12.0 Å². The lowest BCUT2D eigenvalue weighted by Crippen LogP contribution is -2.43. The smallest absolute Gasteiger partial charge is 0.341 e. The van der Waals surface area contributed by atoms with Gasteiger partial charge in [0, 0.05) is 12.6 Å². The van der Waals surface area contributed by atoms with Crippen molar-refractivity contribution in [1.82, 2.24) is 10.4 Å². The average molecular weight is 230 g/mol. The molecule has 0 aliphatic heterocycles. The minimum atomic E-state index is -1.11. The maximum Gasteiger partial charge on any atom is 0.341 e. The van der Waals surface area contributed by atoms with Crippen LogP contribution in [0.2, 0.25) is 0 Å². The third-order valence-electron chi connectivity index (χ3n) is 2.17. The average Bonchev–Trinajstić information content (AvgIpc) is 2.96. The highest BCUT2D eigenvalue weighted by molar-refractivity contribution is 5.74. The lowest BCUT2D eigenvalue weighted by atomic mass is 10.2. The van der Waals surface area contributed by atoms with Crippen LogP contribution in [0.4, 0.5) is 4.79 Å². The minimum Gasteiger partial charge on any atom is -0.479 e. The standard InChI is InChI=1S/C10H18N2O4/c1-7(2)5-12(8-3-4-8)10(15)11-16-6-9(13)14/h7-8H,3-6H2,1-2H3,(H,11,15)(H,13,14). The normalized spacial score (nSPS) is 14.9. The molecule has 6 nitrogen and oxygen atoms in total. The third kappa shape index (κ3) is 4.48. The Labute approximate surface area is 94.5 Å². The lowest BCUT2D eigenvalue weighted by Gasteiger charge is -2.24. The van der Waals surface area contributed by atoms with E-state index in [1.807, 2.05) is 13.8 Å². The summed E-state index contributed by atoms with van der Waals surface area (Å²) < 4.78 is 0. The predicted molar refractivity (Wildman–Crippen MR) is 56.7 cm³/mol. The van der Waals surface area contributed by atoms with Crippen molar-refractivity contribution in [2.75, 3.05) is 13.2 Å². The van der Waals surface area contributed by atoms with Gasteiger partial charge in [-0.1, -0.05) is 13.8 Å². The second kappa shape index (κ2) is 5.69. The lowest BCUT2D eigenvalue weighted by molar-refractivity contribution is -0.144. The van der Waals surface area contributed by atoms with Gasteiger partial charge in [0.1, 0.15) is 0 Å². The summed E-state index contributed by atoms with van der Waals surface area (Å²) in [5.74, 6) is -0.729. The maximum atomic E-state index is 11.6. The second-order valence-electron chi connectivity index (χ2n) is 4.37. The van der Waals surface area contributed by atoms with Gasteiger partial charge < -0.3 is 10.0 Å². The first-order chi connectivity index (χ1) is 7.50. The summed E-state index contributed by atoms with van der Waals surface area (Å²) in [6, 6.07) is -0.0618. The van der Waals surface area contributed by atoms with Gasteiger partial charge in [0.05, 0.1) is 0 Å². The van der Waals surface area contributed by atoms with Gasteiger partial charge in [-0.2, -0.15) is 0 Å². The van der Waals surface area contributed by atoms with Gasteiger partial charge in [-0.3, -0.25) is 4.84 Å². The fraction of sp³-hybridized carbons (Fsp3) is 0.800. The van der Waals surface area contributed by atoms with Crippen molar-refractivity contribution in [2.45, 2.75) is 32.7 Å². The Morgan fingerprint density at radius 2 is 2.12 bits per heavy atom. The zero-order valence-electron chi connectivity index (χ0n) is 9.60. The maximum absolute atomic E-state index is 11.6. The number of hydrogen-bond acceptors (Lipinski definition) is 3. The topological polar surface area (TPSA) is 78.9 Å². The Bertz CT molecular complexity index is 264. The number of hydrogen-bond donors (Lipinski definition) is 2. The second-order valence-corrected chi connectivity index (χ2v) is 4.37. The highest BCUT2D eigenvalue weighted by Crippen LogP contribution is 2.27. The Morgan fingerprint density at radius 3 is 2.56 bits per heavy atom. The number of carboxylic acids is 1. The molecular weight excluding hydrogens is 212 g/mol. The molecular formula is C10H18N2O4. The number of amides is 2. The Hall–Kier alpha value is -1.30. The molecule has 16 heavy (non-hydrogen) atoms. The summed E-state index contributed by atoms with van der Waals surface area (Å²) in [5.41, 5.74) is 2.15. The molecule has 0 aromatic heterocycles. The number of nitrogens with one attached hydrogen (secondary N) is 1. The molecule has 2 amide bonds. The number of carbonyl (C=O) groups is 2. The van der Waals surface area contributed by atoms with Crippen LogP contribution in [0, 0.1) is 5.92 Å². The quantitative estimate of drug-likeness (QED) is 0.662. The minimum absolute atomic E-state index is 0.288. The number of nitrogens with zero attached hydrogens (tertiary/aromatic N) is 1. The molecule has 0 heterocycles. The Kier molecular flexibility index (Phi) is 4.54. The summed E-state index contributed by atoms with van der Waals surface area (Å²) in [6.07, 6.45) is 2.03. The van der Waals surface area contributed by atoms with E-state index in [4.69, 9.17) is 5.11 Å². The van der Waals surface area contributed by atoms with E-state index in [0.29, 0.717) is 12.5 Å². The summed E-state index contributed by atoms with van der Waals surface area (Å²) in [6.45, 7) is 4.19. The van der Waals surface area contributed by atoms with Crippen LogP contribution in [0.25, 0.3) is 0 Å². The van der Waals surface area contributed by atoms with Gasteiger partial charge in [0.15, 0.2) is 6.61 Å². The summed E-state index contributed by atoms with van der Waals surface area (Å²) >= 11 is 0. The molecule has 0 bridgehead atoms. The Balaban J connectivity index is 2.32. The molecule has 0 aromatic rings. The summed E-state index contributed by atoms with van der Waals surface area (Å²) in [5, 5.41) is 8.34. The molecule has 2 N–H and O–H groups in total. The first-order valence-corrected chi connectivity index (χ1v) is 5.41. The molecule has 0 radical (unpaired) electrons. The predicted octanol–water partition coefficient (Wildman–Crippen LogP) is 0.833. The van der Waals surface area contributed by atoms with E-state index in [1.54, 1.807) is 4.90 Å². The van der Waals surface area contributed by atoms with Crippen molar-refractivity contribution in [3.05, 3.63) is 0 Å². The van der Waals surface area contributed by atoms with Gasteiger partial charge in [-0.15, -0.1) is 0 Å². The molecule has 0 unspecified atom stereocenters. The first kappa shape index (κ1) is 12.8. The zero-order chi connectivity index (χ0) is 12.1. The number of hydroxylamine groups is 1. The van der Waals surface area contributed by atoms with Gasteiger partial charge in [-0.25, -0.2) is 15.1 Å². The fourth-order valence-corrected chi connectivity index (χ4v) is 1.40. The van der Waals surface area contributed by atoms with E-state index in [0.717, 1.165) is 12.8 Å². The number of urea groups is 1. The zero-order valence-corrected chi connectivity index (χ0v) is 9.60. The van der Waals surface area contributed by atoms with E-state index >= 15 is 0 Å². The van der Waals surface area contributed by atoms with Crippen LogP contribution in [-0.2, 0) is 9.63 Å². The molecule has 0 aromatic carbocycles. The van der Waals surface area contributed by atoms with E-state index in [2.05, 4.69) is 10.3 Å². The number of rotatable bonds is 6. The molecule has 0 atom stereocenters. The fourth-order valence-electron chi connectivity index (χ4n) is 1.40. The highest BCUT2D eigenvalue weighted by atomic mass is 16.7. The highest BCUT2D eigenvalue weighted by Gasteiger charge is 2.32. The van der Waals surface area contributed by atoms with Crippen LogP contribution >= 0.6 is 0 Å². The van der Waals surface area contributed by atoms with Crippen molar-refractivity contribution < 1.29 is 19.5 Å². The van der Waals surface area contributed by atoms with Crippen LogP contribution in [-0.4, -0.2) is 41.2 Å². The molecule has 92 valence electrons.